The summed E-state index contributed by atoms with van der Waals surface area (Å²) in [5.41, 5.74) is 5.32. The summed E-state index contributed by atoms with van der Waals surface area (Å²) in [5, 5.41) is 0. The Labute approximate surface area is 85.7 Å². The molecule has 0 fully saturated rings. The van der Waals surface area contributed by atoms with Gasteiger partial charge in [-0.3, -0.25) is 4.99 Å². The summed E-state index contributed by atoms with van der Waals surface area (Å²) < 4.78 is 0. The van der Waals surface area contributed by atoms with Gasteiger partial charge in [0.15, 0.2) is 0 Å². The van der Waals surface area contributed by atoms with E-state index in [0.717, 1.165) is 25.8 Å². The molecule has 0 aliphatic heterocycles. The summed E-state index contributed by atoms with van der Waals surface area (Å²) >= 11 is 0. The molecule has 64 valence electrons. The van der Waals surface area contributed by atoms with E-state index in [4.69, 9.17) is 12.2 Å². The Morgan fingerprint density at radius 1 is 1.55 bits per heavy atom. The molecule has 0 unspecified atom stereocenters. The van der Waals surface area contributed by atoms with E-state index in [1.165, 1.54) is 0 Å². The number of unbranched alkanes of at least 4 members (excludes halogenated alkanes) is 2. The highest BCUT2D eigenvalue weighted by atomic mass is 127. The van der Waals surface area contributed by atoms with Crippen LogP contribution >= 0.6 is 24.0 Å². The Kier molecular flexibility index (Phi) is 11.9. The third kappa shape index (κ3) is 12.9. The number of amidine groups is 1. The van der Waals surface area contributed by atoms with Crippen molar-refractivity contribution >= 4 is 29.8 Å². The predicted octanol–water partition coefficient (Wildman–Crippen LogP) is 1.79. The van der Waals surface area contributed by atoms with Crippen LogP contribution in [0.15, 0.2) is 4.99 Å². The lowest BCUT2D eigenvalue weighted by Gasteiger charge is -1.92. The average molecular weight is 266 g/mol. The molecule has 0 saturated carbocycles. The Hall–Kier alpha value is -0.240. The van der Waals surface area contributed by atoms with Gasteiger partial charge in [-0.2, -0.15) is 0 Å². The molecule has 0 bridgehead atoms. The molecule has 2 N–H and O–H groups in total. The van der Waals surface area contributed by atoms with Crippen LogP contribution in [0.1, 0.15) is 26.2 Å². The van der Waals surface area contributed by atoms with Gasteiger partial charge in [0.1, 0.15) is 0 Å². The lowest BCUT2D eigenvalue weighted by atomic mass is 10.2. The molecule has 0 heterocycles. The molecule has 0 saturated heterocycles. The van der Waals surface area contributed by atoms with Gasteiger partial charge in [-0.15, -0.1) is 36.3 Å². The number of nitrogens with zero attached hydrogens (tertiary/aromatic N) is 1. The molecule has 0 aromatic heterocycles. The lowest BCUT2D eigenvalue weighted by Crippen LogP contribution is -2.05. The minimum atomic E-state index is 0. The zero-order chi connectivity index (χ0) is 7.82. The van der Waals surface area contributed by atoms with Crippen molar-refractivity contribution in [1.82, 2.24) is 0 Å². The van der Waals surface area contributed by atoms with Crippen molar-refractivity contribution in [2.24, 2.45) is 10.7 Å². The monoisotopic (exact) mass is 266 g/mol. The van der Waals surface area contributed by atoms with Gasteiger partial charge in [-0.1, -0.05) is 0 Å². The van der Waals surface area contributed by atoms with Gasteiger partial charge in [0.05, 0.1) is 5.84 Å². The first-order chi connectivity index (χ1) is 4.77. The largest absolute Gasteiger partial charge is 0.388 e. The minimum absolute atomic E-state index is 0. The molecular weight excluding hydrogens is 251 g/mol. The number of rotatable bonds is 4. The van der Waals surface area contributed by atoms with Crippen molar-refractivity contribution in [3.8, 4) is 12.3 Å². The molecule has 0 amide bonds. The van der Waals surface area contributed by atoms with Gasteiger partial charge in [0, 0.05) is 13.0 Å². The van der Waals surface area contributed by atoms with Gasteiger partial charge in [0.2, 0.25) is 0 Å². The van der Waals surface area contributed by atoms with Crippen LogP contribution in [0, 0.1) is 12.3 Å². The van der Waals surface area contributed by atoms with E-state index in [1.54, 1.807) is 6.92 Å². The highest BCUT2D eigenvalue weighted by molar-refractivity contribution is 14.0. The molecule has 0 aliphatic carbocycles. The van der Waals surface area contributed by atoms with Gasteiger partial charge >= 0.3 is 0 Å². The molecular formula is C8H15IN2. The zero-order valence-electron chi connectivity index (χ0n) is 6.84. The zero-order valence-corrected chi connectivity index (χ0v) is 9.17. The molecule has 2 nitrogen and oxygen atoms in total. The van der Waals surface area contributed by atoms with E-state index in [1.807, 2.05) is 0 Å². The summed E-state index contributed by atoms with van der Waals surface area (Å²) in [6, 6.07) is 0. The molecule has 0 rings (SSSR count). The van der Waals surface area contributed by atoms with Crippen molar-refractivity contribution in [3.63, 3.8) is 0 Å². The lowest BCUT2D eigenvalue weighted by molar-refractivity contribution is 0.768. The highest BCUT2D eigenvalue weighted by Gasteiger charge is 1.83. The van der Waals surface area contributed by atoms with Gasteiger partial charge in [0.25, 0.3) is 0 Å². The van der Waals surface area contributed by atoms with E-state index in [2.05, 4.69) is 10.9 Å². The molecule has 0 aliphatic rings. The van der Waals surface area contributed by atoms with Crippen molar-refractivity contribution < 1.29 is 0 Å². The normalized spacial score (nSPS) is 10.0. The van der Waals surface area contributed by atoms with E-state index < -0.39 is 0 Å². The number of hydrogen-bond acceptors (Lipinski definition) is 1. The molecule has 3 heteroatoms. The second kappa shape index (κ2) is 9.76. The summed E-state index contributed by atoms with van der Waals surface area (Å²) in [6.07, 6.45) is 8.00. The summed E-state index contributed by atoms with van der Waals surface area (Å²) in [7, 11) is 0. The second-order valence-corrected chi connectivity index (χ2v) is 2.18. The van der Waals surface area contributed by atoms with Crippen LogP contribution in [0.2, 0.25) is 0 Å². The fourth-order valence-corrected chi connectivity index (χ4v) is 0.594. The Morgan fingerprint density at radius 3 is 2.64 bits per heavy atom. The number of halogens is 1. The number of hydrogen-bond donors (Lipinski definition) is 1. The maximum atomic E-state index is 5.32. The van der Waals surface area contributed by atoms with Gasteiger partial charge < -0.3 is 5.73 Å². The smallest absolute Gasteiger partial charge is 0.0905 e. The summed E-state index contributed by atoms with van der Waals surface area (Å²) in [4.78, 5) is 4.02. The van der Waals surface area contributed by atoms with Crippen molar-refractivity contribution in [1.29, 1.82) is 0 Å². The van der Waals surface area contributed by atoms with Gasteiger partial charge in [-0.25, -0.2) is 0 Å². The average Bonchev–Trinajstić information content (AvgIpc) is 1.87. The first-order valence-corrected chi connectivity index (χ1v) is 3.47. The molecule has 11 heavy (non-hydrogen) atoms. The Bertz CT molecular complexity index is 143. The van der Waals surface area contributed by atoms with E-state index in [0.29, 0.717) is 5.84 Å². The maximum absolute atomic E-state index is 5.32. The quantitative estimate of drug-likeness (QED) is 0.272. The Balaban J connectivity index is 0. The molecule has 0 radical (unpaired) electrons. The van der Waals surface area contributed by atoms with Crippen molar-refractivity contribution in [2.75, 3.05) is 6.54 Å². The first kappa shape index (κ1) is 13.4. The molecule has 0 aromatic rings. The predicted molar refractivity (Wildman–Crippen MR) is 60.3 cm³/mol. The van der Waals surface area contributed by atoms with Crippen LogP contribution in [-0.2, 0) is 0 Å². The fourth-order valence-electron chi connectivity index (χ4n) is 0.594. The molecule has 0 spiro atoms. The van der Waals surface area contributed by atoms with E-state index in [9.17, 15) is 0 Å². The first-order valence-electron chi connectivity index (χ1n) is 3.47. The van der Waals surface area contributed by atoms with Crippen LogP contribution in [-0.4, -0.2) is 12.4 Å². The fraction of sp³-hybridized carbons (Fsp3) is 0.625. The number of nitrogens with two attached hydrogens (primary N) is 1. The minimum Gasteiger partial charge on any atom is -0.388 e. The van der Waals surface area contributed by atoms with Crippen LogP contribution in [0.5, 0.6) is 0 Å². The summed E-state index contributed by atoms with van der Waals surface area (Å²) in [6.45, 7) is 2.60. The van der Waals surface area contributed by atoms with Crippen LogP contribution in [0.3, 0.4) is 0 Å². The van der Waals surface area contributed by atoms with E-state index >= 15 is 0 Å². The van der Waals surface area contributed by atoms with Crippen LogP contribution in [0.25, 0.3) is 0 Å². The third-order valence-electron chi connectivity index (χ3n) is 1.09. The van der Waals surface area contributed by atoms with Crippen LogP contribution in [0.4, 0.5) is 0 Å². The molecule has 0 atom stereocenters. The number of terminal acetylenes is 1. The van der Waals surface area contributed by atoms with E-state index in [-0.39, 0.29) is 24.0 Å². The van der Waals surface area contributed by atoms with Crippen molar-refractivity contribution in [2.45, 2.75) is 26.2 Å². The highest BCUT2D eigenvalue weighted by Crippen LogP contribution is 1.93. The third-order valence-corrected chi connectivity index (χ3v) is 1.09. The van der Waals surface area contributed by atoms with Crippen LogP contribution < -0.4 is 5.73 Å². The van der Waals surface area contributed by atoms with Crippen molar-refractivity contribution in [3.05, 3.63) is 0 Å². The summed E-state index contributed by atoms with van der Waals surface area (Å²) in [5.74, 6) is 3.23. The Morgan fingerprint density at radius 2 is 2.18 bits per heavy atom. The number of aliphatic imine (C=N–C) groups is 1. The maximum Gasteiger partial charge on any atom is 0.0905 e. The molecule has 0 aromatic carbocycles. The van der Waals surface area contributed by atoms with Gasteiger partial charge in [-0.05, 0) is 19.8 Å². The standard InChI is InChI=1S/C8H14N2.HI/c1-3-4-5-6-7-10-8(2)9;/h1H,4-7H2,2H3,(H2,9,10);1H. The topological polar surface area (TPSA) is 38.4 Å². The second-order valence-electron chi connectivity index (χ2n) is 2.18. The SMILES string of the molecule is C#CCCCCN=C(C)N.I.